The number of ether oxygens (including phenoxy) is 1. The molecule has 4 heteroatoms. The Bertz CT molecular complexity index is 183. The van der Waals surface area contributed by atoms with Crippen LogP contribution in [0.1, 0.15) is 20.8 Å². The molecule has 0 spiro atoms. The highest BCUT2D eigenvalue weighted by Crippen LogP contribution is 2.37. The van der Waals surface area contributed by atoms with Crippen molar-refractivity contribution in [3.8, 4) is 0 Å². The lowest BCUT2D eigenvalue weighted by Gasteiger charge is -2.36. The van der Waals surface area contributed by atoms with Gasteiger partial charge in [-0.15, -0.1) is 11.8 Å². The first-order chi connectivity index (χ1) is 6.33. The Morgan fingerprint density at radius 3 is 2.50 bits per heavy atom. The largest absolute Gasteiger partial charge is 0.413 e. The van der Waals surface area contributed by atoms with E-state index in [0.29, 0.717) is 5.04 Å². The van der Waals surface area contributed by atoms with E-state index in [9.17, 15) is 0 Å². The van der Waals surface area contributed by atoms with E-state index in [0.717, 1.165) is 19.0 Å². The molecular formula is C10H22O2SSi. The van der Waals surface area contributed by atoms with Crippen LogP contribution in [0.25, 0.3) is 0 Å². The van der Waals surface area contributed by atoms with Crippen molar-refractivity contribution in [3.63, 3.8) is 0 Å². The SMILES string of the molecule is CC(C)(C)[Si](C)(C)OC[C@H]1OCCS1. The van der Waals surface area contributed by atoms with Gasteiger partial charge < -0.3 is 9.16 Å². The summed E-state index contributed by atoms with van der Waals surface area (Å²) in [7, 11) is -1.57. The van der Waals surface area contributed by atoms with Gasteiger partial charge in [0, 0.05) is 5.75 Å². The third kappa shape index (κ3) is 3.26. The molecule has 14 heavy (non-hydrogen) atoms. The Morgan fingerprint density at radius 1 is 1.43 bits per heavy atom. The van der Waals surface area contributed by atoms with Crippen molar-refractivity contribution in [3.05, 3.63) is 0 Å². The highest BCUT2D eigenvalue weighted by atomic mass is 32.2. The van der Waals surface area contributed by atoms with Crippen LogP contribution in [0, 0.1) is 0 Å². The minimum Gasteiger partial charge on any atom is -0.413 e. The van der Waals surface area contributed by atoms with Crippen LogP contribution < -0.4 is 0 Å². The molecule has 0 aromatic rings. The monoisotopic (exact) mass is 234 g/mol. The first-order valence-electron chi connectivity index (χ1n) is 5.20. The Hall–Kier alpha value is 0.487. The molecule has 1 heterocycles. The first-order valence-corrected chi connectivity index (χ1v) is 9.16. The zero-order valence-corrected chi connectivity index (χ0v) is 11.7. The lowest BCUT2D eigenvalue weighted by atomic mass is 10.2. The molecule has 0 amide bonds. The van der Waals surface area contributed by atoms with E-state index in [4.69, 9.17) is 9.16 Å². The van der Waals surface area contributed by atoms with Gasteiger partial charge in [0.25, 0.3) is 0 Å². The van der Waals surface area contributed by atoms with Gasteiger partial charge in [-0.1, -0.05) is 20.8 Å². The van der Waals surface area contributed by atoms with E-state index in [1.54, 1.807) is 0 Å². The fourth-order valence-electron chi connectivity index (χ4n) is 0.996. The van der Waals surface area contributed by atoms with Crippen LogP contribution in [0.2, 0.25) is 18.1 Å². The Kier molecular flexibility index (Phi) is 4.09. The molecule has 0 aliphatic carbocycles. The quantitative estimate of drug-likeness (QED) is 0.699. The second-order valence-electron chi connectivity index (χ2n) is 5.24. The molecule has 84 valence electrons. The maximum Gasteiger partial charge on any atom is 0.192 e. The molecule has 1 aliphatic heterocycles. The third-order valence-electron chi connectivity index (χ3n) is 3.08. The lowest BCUT2D eigenvalue weighted by molar-refractivity contribution is 0.0952. The maximum atomic E-state index is 6.07. The summed E-state index contributed by atoms with van der Waals surface area (Å²) in [5.41, 5.74) is 0.282. The average Bonchev–Trinajstić information content (AvgIpc) is 2.50. The minimum atomic E-state index is -1.57. The minimum absolute atomic E-state index is 0.282. The van der Waals surface area contributed by atoms with Crippen LogP contribution >= 0.6 is 11.8 Å². The molecule has 0 bridgehead atoms. The van der Waals surface area contributed by atoms with Crippen molar-refractivity contribution in [2.24, 2.45) is 0 Å². The van der Waals surface area contributed by atoms with Crippen LogP contribution in [0.15, 0.2) is 0 Å². The lowest BCUT2D eigenvalue weighted by Crippen LogP contribution is -2.42. The highest BCUT2D eigenvalue weighted by molar-refractivity contribution is 8.00. The number of hydrogen-bond acceptors (Lipinski definition) is 3. The van der Waals surface area contributed by atoms with Gasteiger partial charge >= 0.3 is 0 Å². The van der Waals surface area contributed by atoms with Gasteiger partial charge in [-0.3, -0.25) is 0 Å². The molecule has 0 unspecified atom stereocenters. The van der Waals surface area contributed by atoms with E-state index in [2.05, 4.69) is 33.9 Å². The fraction of sp³-hybridized carbons (Fsp3) is 1.00. The predicted molar refractivity (Wildman–Crippen MR) is 65.3 cm³/mol. The van der Waals surface area contributed by atoms with Crippen molar-refractivity contribution in [2.75, 3.05) is 19.0 Å². The summed E-state index contributed by atoms with van der Waals surface area (Å²) in [6.45, 7) is 13.0. The summed E-state index contributed by atoms with van der Waals surface area (Å²) < 4.78 is 11.6. The Morgan fingerprint density at radius 2 is 2.07 bits per heavy atom. The smallest absolute Gasteiger partial charge is 0.192 e. The van der Waals surface area contributed by atoms with Gasteiger partial charge in [0.15, 0.2) is 8.32 Å². The summed E-state index contributed by atoms with van der Waals surface area (Å²) in [5, 5.41) is 0.302. The standard InChI is InChI=1S/C10H22O2SSi/c1-10(2,3)14(4,5)12-8-9-11-6-7-13-9/h9H,6-8H2,1-5H3/t9-/m0/s1. The van der Waals surface area contributed by atoms with Crippen molar-refractivity contribution in [1.82, 2.24) is 0 Å². The topological polar surface area (TPSA) is 18.5 Å². The molecule has 1 rings (SSSR count). The van der Waals surface area contributed by atoms with Crippen molar-refractivity contribution in [2.45, 2.75) is 44.3 Å². The number of thioether (sulfide) groups is 1. The van der Waals surface area contributed by atoms with E-state index >= 15 is 0 Å². The Labute approximate surface area is 92.9 Å². The zero-order valence-electron chi connectivity index (χ0n) is 9.92. The maximum absolute atomic E-state index is 6.07. The van der Waals surface area contributed by atoms with E-state index in [-0.39, 0.29) is 5.44 Å². The van der Waals surface area contributed by atoms with Gasteiger partial charge in [-0.2, -0.15) is 0 Å². The van der Waals surface area contributed by atoms with E-state index in [1.165, 1.54) is 0 Å². The highest BCUT2D eigenvalue weighted by Gasteiger charge is 2.37. The molecule has 1 saturated heterocycles. The second kappa shape index (κ2) is 4.55. The van der Waals surface area contributed by atoms with Gasteiger partial charge in [0.2, 0.25) is 0 Å². The van der Waals surface area contributed by atoms with Crippen molar-refractivity contribution < 1.29 is 9.16 Å². The van der Waals surface area contributed by atoms with Crippen LogP contribution in [-0.2, 0) is 9.16 Å². The van der Waals surface area contributed by atoms with Crippen LogP contribution in [0.4, 0.5) is 0 Å². The van der Waals surface area contributed by atoms with E-state index < -0.39 is 8.32 Å². The van der Waals surface area contributed by atoms with Crippen molar-refractivity contribution >= 4 is 20.1 Å². The molecule has 0 N–H and O–H groups in total. The predicted octanol–water partition coefficient (Wildman–Crippen LogP) is 3.10. The van der Waals surface area contributed by atoms with Gasteiger partial charge in [-0.25, -0.2) is 0 Å². The van der Waals surface area contributed by atoms with Gasteiger partial charge in [-0.05, 0) is 18.1 Å². The third-order valence-corrected chi connectivity index (χ3v) is 8.62. The molecule has 1 atom stereocenters. The van der Waals surface area contributed by atoms with Gasteiger partial charge in [0.05, 0.1) is 13.2 Å². The zero-order chi connectivity index (χ0) is 10.8. The molecule has 0 aromatic carbocycles. The summed E-state index contributed by atoms with van der Waals surface area (Å²) >= 11 is 1.87. The molecular weight excluding hydrogens is 212 g/mol. The van der Waals surface area contributed by atoms with E-state index in [1.807, 2.05) is 11.8 Å². The number of hydrogen-bond donors (Lipinski definition) is 0. The van der Waals surface area contributed by atoms with Crippen molar-refractivity contribution in [1.29, 1.82) is 0 Å². The molecule has 0 saturated carbocycles. The molecule has 1 fully saturated rings. The summed E-state index contributed by atoms with van der Waals surface area (Å²) in [6.07, 6.45) is 0. The summed E-state index contributed by atoms with van der Waals surface area (Å²) in [6, 6.07) is 0. The van der Waals surface area contributed by atoms with Crippen LogP contribution in [-0.4, -0.2) is 32.7 Å². The fourth-order valence-corrected chi connectivity index (χ4v) is 2.93. The number of rotatable bonds is 3. The normalized spacial score (nSPS) is 24.2. The molecule has 0 aromatic heterocycles. The molecule has 0 radical (unpaired) electrons. The first kappa shape index (κ1) is 12.6. The summed E-state index contributed by atoms with van der Waals surface area (Å²) in [4.78, 5) is 0. The second-order valence-corrected chi connectivity index (χ2v) is 11.3. The van der Waals surface area contributed by atoms with Crippen LogP contribution in [0.5, 0.6) is 0 Å². The van der Waals surface area contributed by atoms with Gasteiger partial charge in [0.1, 0.15) is 5.44 Å². The average molecular weight is 234 g/mol. The summed E-state index contributed by atoms with van der Waals surface area (Å²) in [5.74, 6) is 1.12. The molecule has 1 aliphatic rings. The molecule has 2 nitrogen and oxygen atoms in total. The Balaban J connectivity index is 2.35. The van der Waals surface area contributed by atoms with Crippen LogP contribution in [0.3, 0.4) is 0 Å².